The van der Waals surface area contributed by atoms with E-state index in [1.54, 1.807) is 48.5 Å². The Morgan fingerprint density at radius 3 is 2.39 bits per heavy atom. The van der Waals surface area contributed by atoms with Crippen LogP contribution in [0, 0.1) is 11.3 Å². The molecule has 0 atom stereocenters. The van der Waals surface area contributed by atoms with Gasteiger partial charge >= 0.3 is 5.97 Å². The van der Waals surface area contributed by atoms with Gasteiger partial charge in [0.1, 0.15) is 0 Å². The van der Waals surface area contributed by atoms with Gasteiger partial charge in [0.15, 0.2) is 11.5 Å². The van der Waals surface area contributed by atoms with E-state index < -0.39 is 5.97 Å². The average Bonchev–Trinajstić information content (AvgIpc) is 2.73. The Bertz CT molecular complexity index is 1070. The molecule has 3 aromatic carbocycles. The predicted molar refractivity (Wildman–Crippen MR) is 109 cm³/mol. The van der Waals surface area contributed by atoms with Crippen LogP contribution in [0.4, 0.5) is 0 Å². The number of carbonyl (C=O) groups is 1. The molecular weight excluding hydrogens is 374 g/mol. The highest BCUT2D eigenvalue weighted by Gasteiger charge is 2.15. The zero-order chi connectivity index (χ0) is 19.9. The Labute approximate surface area is 168 Å². The lowest BCUT2D eigenvalue weighted by atomic mass is 10.0. The van der Waals surface area contributed by atoms with E-state index in [0.29, 0.717) is 16.3 Å². The van der Waals surface area contributed by atoms with Gasteiger partial charge in [0.25, 0.3) is 0 Å². The molecule has 4 nitrogen and oxygen atoms in total. The molecule has 0 aliphatic carbocycles. The number of ether oxygens (including phenoxy) is 2. The summed E-state index contributed by atoms with van der Waals surface area (Å²) in [5.74, 6) is 0.0662. The summed E-state index contributed by atoms with van der Waals surface area (Å²) in [7, 11) is 1.48. The zero-order valence-corrected chi connectivity index (χ0v) is 15.8. The first-order chi connectivity index (χ1) is 13.6. The molecule has 0 saturated heterocycles. The number of hydrogen-bond acceptors (Lipinski definition) is 4. The van der Waals surface area contributed by atoms with Gasteiger partial charge < -0.3 is 9.47 Å². The molecule has 138 valence electrons. The fraction of sp³-hybridized carbons (Fsp3) is 0.0435. The first-order valence-electron chi connectivity index (χ1n) is 8.44. The smallest absolute Gasteiger partial charge is 0.345 e. The van der Waals surface area contributed by atoms with E-state index in [0.717, 1.165) is 11.1 Å². The number of halogens is 1. The second-order valence-corrected chi connectivity index (χ2v) is 6.22. The molecule has 5 heteroatoms. The molecule has 0 radical (unpaired) electrons. The third kappa shape index (κ3) is 4.40. The van der Waals surface area contributed by atoms with E-state index in [-0.39, 0.29) is 11.3 Å². The van der Waals surface area contributed by atoms with Gasteiger partial charge in [-0.2, -0.15) is 5.26 Å². The van der Waals surface area contributed by atoms with Crippen LogP contribution in [0.2, 0.25) is 5.02 Å². The second kappa shape index (κ2) is 8.90. The van der Waals surface area contributed by atoms with Crippen molar-refractivity contribution in [3.8, 4) is 17.6 Å². The van der Waals surface area contributed by atoms with Crippen molar-refractivity contribution in [2.24, 2.45) is 0 Å². The number of nitrogens with zero attached hydrogens (tertiary/aromatic N) is 1. The van der Waals surface area contributed by atoms with Crippen molar-refractivity contribution >= 4 is 29.2 Å². The van der Waals surface area contributed by atoms with Gasteiger partial charge in [-0.3, -0.25) is 0 Å². The van der Waals surface area contributed by atoms with E-state index in [4.69, 9.17) is 21.1 Å². The number of rotatable bonds is 5. The third-order valence-electron chi connectivity index (χ3n) is 4.00. The standard InChI is InChI=1S/C23H16ClNO3/c1-27-22-14-16(13-18(15-25)17-7-3-2-4-8-17)11-12-21(22)28-23(26)19-9-5-6-10-20(19)24/h2-14H,1H3. The molecule has 0 fully saturated rings. The van der Waals surface area contributed by atoms with E-state index in [2.05, 4.69) is 6.07 Å². The van der Waals surface area contributed by atoms with Crippen LogP contribution in [-0.4, -0.2) is 13.1 Å². The monoisotopic (exact) mass is 389 g/mol. The summed E-state index contributed by atoms with van der Waals surface area (Å²) in [5.41, 5.74) is 2.35. The lowest BCUT2D eigenvalue weighted by molar-refractivity contribution is 0.0730. The number of benzene rings is 3. The third-order valence-corrected chi connectivity index (χ3v) is 4.33. The van der Waals surface area contributed by atoms with Gasteiger partial charge in [0.05, 0.1) is 29.3 Å². The molecule has 0 heterocycles. The topological polar surface area (TPSA) is 59.3 Å². The highest BCUT2D eigenvalue weighted by molar-refractivity contribution is 6.33. The highest BCUT2D eigenvalue weighted by atomic mass is 35.5. The fourth-order valence-electron chi connectivity index (χ4n) is 2.60. The molecule has 0 unspecified atom stereocenters. The van der Waals surface area contributed by atoms with Gasteiger partial charge in [-0.15, -0.1) is 0 Å². The Balaban J connectivity index is 1.89. The molecular formula is C23H16ClNO3. The Kier molecular flexibility index (Phi) is 6.11. The summed E-state index contributed by atoms with van der Waals surface area (Å²) in [5, 5.41) is 9.77. The minimum Gasteiger partial charge on any atom is -0.493 e. The molecule has 0 aromatic heterocycles. The summed E-state index contributed by atoms with van der Waals surface area (Å²) in [6.45, 7) is 0. The van der Waals surface area contributed by atoms with Gasteiger partial charge in [0.2, 0.25) is 0 Å². The summed E-state index contributed by atoms with van der Waals surface area (Å²) in [4.78, 5) is 12.4. The number of hydrogen-bond donors (Lipinski definition) is 0. The molecule has 0 spiro atoms. The number of allylic oxidation sites excluding steroid dienone is 1. The number of methoxy groups -OCH3 is 1. The molecule has 3 aromatic rings. The van der Waals surface area contributed by atoms with E-state index in [1.807, 2.05) is 30.3 Å². The average molecular weight is 390 g/mol. The minimum atomic E-state index is -0.575. The molecule has 28 heavy (non-hydrogen) atoms. The molecule has 0 bridgehead atoms. The van der Waals surface area contributed by atoms with Crippen molar-refractivity contribution < 1.29 is 14.3 Å². The van der Waals surface area contributed by atoms with Gasteiger partial charge in [-0.1, -0.05) is 60.1 Å². The second-order valence-electron chi connectivity index (χ2n) is 5.82. The normalized spacial score (nSPS) is 10.8. The van der Waals surface area contributed by atoms with Crippen LogP contribution in [0.25, 0.3) is 11.6 Å². The number of carbonyl (C=O) groups excluding carboxylic acids is 1. The van der Waals surface area contributed by atoms with E-state index in [9.17, 15) is 10.1 Å². The lowest BCUT2D eigenvalue weighted by Gasteiger charge is -2.11. The summed E-state index contributed by atoms with van der Waals surface area (Å²) >= 11 is 6.05. The Morgan fingerprint density at radius 1 is 1.00 bits per heavy atom. The van der Waals surface area contributed by atoms with Crippen LogP contribution < -0.4 is 9.47 Å². The van der Waals surface area contributed by atoms with Crippen LogP contribution in [0.15, 0.2) is 72.8 Å². The maximum absolute atomic E-state index is 12.4. The molecule has 0 aliphatic rings. The van der Waals surface area contributed by atoms with Crippen molar-refractivity contribution in [3.05, 3.63) is 94.5 Å². The molecule has 0 amide bonds. The van der Waals surface area contributed by atoms with Crippen LogP contribution in [0.5, 0.6) is 11.5 Å². The number of esters is 1. The fourth-order valence-corrected chi connectivity index (χ4v) is 2.82. The molecule has 0 N–H and O–H groups in total. The van der Waals surface area contributed by atoms with Crippen molar-refractivity contribution in [2.45, 2.75) is 0 Å². The van der Waals surface area contributed by atoms with E-state index >= 15 is 0 Å². The number of nitriles is 1. The Hall–Kier alpha value is -3.55. The van der Waals surface area contributed by atoms with Crippen LogP contribution >= 0.6 is 11.6 Å². The van der Waals surface area contributed by atoms with Gasteiger partial charge in [0, 0.05) is 0 Å². The maximum Gasteiger partial charge on any atom is 0.345 e. The zero-order valence-electron chi connectivity index (χ0n) is 15.1. The predicted octanol–water partition coefficient (Wildman–Crippen LogP) is 5.63. The molecule has 0 saturated carbocycles. The van der Waals surface area contributed by atoms with E-state index in [1.165, 1.54) is 7.11 Å². The quantitative estimate of drug-likeness (QED) is 0.245. The van der Waals surface area contributed by atoms with Crippen molar-refractivity contribution in [3.63, 3.8) is 0 Å². The molecule has 3 rings (SSSR count). The van der Waals surface area contributed by atoms with Crippen molar-refractivity contribution in [2.75, 3.05) is 7.11 Å². The molecule has 0 aliphatic heterocycles. The first-order valence-corrected chi connectivity index (χ1v) is 8.82. The minimum absolute atomic E-state index is 0.266. The van der Waals surface area contributed by atoms with Crippen molar-refractivity contribution in [1.29, 1.82) is 5.26 Å². The van der Waals surface area contributed by atoms with Crippen LogP contribution in [0.3, 0.4) is 0 Å². The maximum atomic E-state index is 12.4. The van der Waals surface area contributed by atoms with Crippen LogP contribution in [-0.2, 0) is 0 Å². The summed E-state index contributed by atoms with van der Waals surface area (Å²) < 4.78 is 10.8. The van der Waals surface area contributed by atoms with Crippen molar-refractivity contribution in [1.82, 2.24) is 0 Å². The summed E-state index contributed by atoms with van der Waals surface area (Å²) in [6.07, 6.45) is 1.75. The van der Waals surface area contributed by atoms with Crippen LogP contribution in [0.1, 0.15) is 21.5 Å². The van der Waals surface area contributed by atoms with Gasteiger partial charge in [-0.05, 0) is 41.5 Å². The highest BCUT2D eigenvalue weighted by Crippen LogP contribution is 2.31. The van der Waals surface area contributed by atoms with Gasteiger partial charge in [-0.25, -0.2) is 4.79 Å². The SMILES string of the molecule is COc1cc(C=C(C#N)c2ccccc2)ccc1OC(=O)c1ccccc1Cl. The Morgan fingerprint density at radius 2 is 1.71 bits per heavy atom. The summed E-state index contributed by atoms with van der Waals surface area (Å²) in [6, 6.07) is 23.3. The largest absolute Gasteiger partial charge is 0.493 e. The first kappa shape index (κ1) is 19.2. The lowest BCUT2D eigenvalue weighted by Crippen LogP contribution is -2.09.